The highest BCUT2D eigenvalue weighted by Crippen LogP contribution is 2.21. The van der Waals surface area contributed by atoms with Crippen LogP contribution in [0, 0.1) is 0 Å². The van der Waals surface area contributed by atoms with E-state index >= 15 is 0 Å². The van der Waals surface area contributed by atoms with E-state index in [0.717, 1.165) is 63.6 Å². The highest BCUT2D eigenvalue weighted by atomic mass is 15.2. The van der Waals surface area contributed by atoms with Gasteiger partial charge in [0.2, 0.25) is 0 Å². The van der Waals surface area contributed by atoms with Crippen molar-refractivity contribution in [2.24, 2.45) is 0 Å². The summed E-state index contributed by atoms with van der Waals surface area (Å²) in [5.74, 6) is 2.13. The molecule has 0 radical (unpaired) electrons. The van der Waals surface area contributed by atoms with Crippen LogP contribution in [-0.2, 0) is 25.9 Å². The van der Waals surface area contributed by atoms with Crippen LogP contribution in [0.4, 0.5) is 5.82 Å². The quantitative estimate of drug-likeness (QED) is 0.826. The van der Waals surface area contributed by atoms with Crippen LogP contribution in [0.15, 0.2) is 24.5 Å². The van der Waals surface area contributed by atoms with E-state index in [1.54, 1.807) is 0 Å². The van der Waals surface area contributed by atoms with Gasteiger partial charge in [0.05, 0.1) is 0 Å². The highest BCUT2D eigenvalue weighted by Gasteiger charge is 2.19. The molecule has 0 spiro atoms. The molecule has 2 aliphatic heterocycles. The SMILES string of the molecule is CCCc1ncc2c(n1)CCN(Cc1ccc(N3CCCCC3)nc1)C2. The maximum atomic E-state index is 4.75. The molecule has 1 saturated heterocycles. The van der Waals surface area contributed by atoms with Gasteiger partial charge in [-0.05, 0) is 37.3 Å². The normalized spacial score (nSPS) is 18.0. The van der Waals surface area contributed by atoms with Crippen LogP contribution in [0.3, 0.4) is 0 Å². The average Bonchev–Trinajstić information content (AvgIpc) is 2.70. The van der Waals surface area contributed by atoms with E-state index < -0.39 is 0 Å². The number of pyridine rings is 1. The molecule has 2 aliphatic rings. The Morgan fingerprint density at radius 1 is 1.00 bits per heavy atom. The van der Waals surface area contributed by atoms with Crippen LogP contribution in [0.2, 0.25) is 0 Å². The summed E-state index contributed by atoms with van der Waals surface area (Å²) in [6.45, 7) is 7.42. The highest BCUT2D eigenvalue weighted by molar-refractivity contribution is 5.39. The first-order valence-electron chi connectivity index (χ1n) is 10.1. The van der Waals surface area contributed by atoms with Gasteiger partial charge in [-0.1, -0.05) is 13.0 Å². The van der Waals surface area contributed by atoms with E-state index in [-0.39, 0.29) is 0 Å². The zero-order chi connectivity index (χ0) is 17.8. The van der Waals surface area contributed by atoms with Gasteiger partial charge in [0.1, 0.15) is 11.6 Å². The number of hydrogen-bond acceptors (Lipinski definition) is 5. The summed E-state index contributed by atoms with van der Waals surface area (Å²) in [7, 11) is 0. The molecule has 2 aromatic rings. The Hall–Kier alpha value is -2.01. The maximum absolute atomic E-state index is 4.75. The number of nitrogens with zero attached hydrogens (tertiary/aromatic N) is 5. The Balaban J connectivity index is 1.37. The number of rotatable bonds is 5. The van der Waals surface area contributed by atoms with Crippen molar-refractivity contribution in [3.8, 4) is 0 Å². The van der Waals surface area contributed by atoms with Gasteiger partial charge in [-0.25, -0.2) is 15.0 Å². The Kier molecular flexibility index (Phi) is 5.44. The van der Waals surface area contributed by atoms with Crippen LogP contribution in [0.5, 0.6) is 0 Å². The van der Waals surface area contributed by atoms with Gasteiger partial charge < -0.3 is 4.90 Å². The van der Waals surface area contributed by atoms with Crippen LogP contribution in [-0.4, -0.2) is 39.5 Å². The molecule has 0 saturated carbocycles. The smallest absolute Gasteiger partial charge is 0.128 e. The number of fused-ring (bicyclic) bond motifs is 1. The number of aromatic nitrogens is 3. The lowest BCUT2D eigenvalue weighted by Gasteiger charge is -2.29. The lowest BCUT2D eigenvalue weighted by Crippen LogP contribution is -2.31. The molecule has 0 unspecified atom stereocenters. The third-order valence-corrected chi connectivity index (χ3v) is 5.43. The Morgan fingerprint density at radius 3 is 2.65 bits per heavy atom. The number of piperidine rings is 1. The van der Waals surface area contributed by atoms with E-state index in [1.807, 2.05) is 6.20 Å². The van der Waals surface area contributed by atoms with Gasteiger partial charge in [-0.2, -0.15) is 0 Å². The van der Waals surface area contributed by atoms with Crippen LogP contribution < -0.4 is 4.90 Å². The molecule has 0 atom stereocenters. The number of aryl methyl sites for hydroxylation is 1. The molecule has 0 amide bonds. The molecular weight excluding hydrogens is 322 g/mol. The molecule has 4 heterocycles. The first-order chi connectivity index (χ1) is 12.8. The fraction of sp³-hybridized carbons (Fsp3) is 0.571. The minimum absolute atomic E-state index is 0.940. The van der Waals surface area contributed by atoms with Gasteiger partial charge in [0, 0.05) is 69.2 Å². The number of hydrogen-bond donors (Lipinski definition) is 0. The molecule has 2 aromatic heterocycles. The molecule has 5 heteroatoms. The summed E-state index contributed by atoms with van der Waals surface area (Å²) in [5.41, 5.74) is 3.82. The third kappa shape index (κ3) is 4.04. The van der Waals surface area contributed by atoms with Crippen molar-refractivity contribution in [3.05, 3.63) is 47.2 Å². The maximum Gasteiger partial charge on any atom is 0.128 e. The minimum Gasteiger partial charge on any atom is -0.357 e. The molecule has 5 nitrogen and oxygen atoms in total. The second-order valence-electron chi connectivity index (χ2n) is 7.54. The Labute approximate surface area is 156 Å². The lowest BCUT2D eigenvalue weighted by atomic mass is 10.1. The van der Waals surface area contributed by atoms with Crippen molar-refractivity contribution >= 4 is 5.82 Å². The van der Waals surface area contributed by atoms with Crippen molar-refractivity contribution in [2.75, 3.05) is 24.5 Å². The average molecular weight is 351 g/mol. The van der Waals surface area contributed by atoms with Crippen LogP contribution in [0.25, 0.3) is 0 Å². The Morgan fingerprint density at radius 2 is 1.88 bits per heavy atom. The van der Waals surface area contributed by atoms with Gasteiger partial charge in [0.25, 0.3) is 0 Å². The summed E-state index contributed by atoms with van der Waals surface area (Å²) in [6, 6.07) is 4.44. The van der Waals surface area contributed by atoms with Crippen LogP contribution in [0.1, 0.15) is 55.3 Å². The molecule has 0 aliphatic carbocycles. The number of anilines is 1. The monoisotopic (exact) mass is 351 g/mol. The van der Waals surface area contributed by atoms with Gasteiger partial charge >= 0.3 is 0 Å². The van der Waals surface area contributed by atoms with E-state index in [9.17, 15) is 0 Å². The zero-order valence-corrected chi connectivity index (χ0v) is 15.8. The van der Waals surface area contributed by atoms with Gasteiger partial charge in [-0.3, -0.25) is 4.90 Å². The summed E-state index contributed by atoms with van der Waals surface area (Å²) in [5, 5.41) is 0. The summed E-state index contributed by atoms with van der Waals surface area (Å²) < 4.78 is 0. The second kappa shape index (κ2) is 8.12. The first kappa shape index (κ1) is 17.4. The van der Waals surface area contributed by atoms with Crippen molar-refractivity contribution in [1.82, 2.24) is 19.9 Å². The first-order valence-corrected chi connectivity index (χ1v) is 10.1. The summed E-state index contributed by atoms with van der Waals surface area (Å²) in [6.07, 6.45) is 11.1. The zero-order valence-electron chi connectivity index (χ0n) is 15.8. The molecular formula is C21H29N5. The standard InChI is InChI=1S/C21H29N5/c1-2-6-20-22-14-18-16-25(12-9-19(18)24-20)15-17-7-8-21(23-13-17)26-10-4-3-5-11-26/h7-8,13-14H,2-6,9-12,15-16H2,1H3. The molecule has 0 aromatic carbocycles. The van der Waals surface area contributed by atoms with Gasteiger partial charge in [-0.15, -0.1) is 0 Å². The summed E-state index contributed by atoms with van der Waals surface area (Å²) >= 11 is 0. The molecule has 0 bridgehead atoms. The molecule has 4 rings (SSSR count). The lowest BCUT2D eigenvalue weighted by molar-refractivity contribution is 0.242. The summed E-state index contributed by atoms with van der Waals surface area (Å²) in [4.78, 5) is 18.9. The minimum atomic E-state index is 0.940. The predicted molar refractivity (Wildman–Crippen MR) is 104 cm³/mol. The third-order valence-electron chi connectivity index (χ3n) is 5.43. The van der Waals surface area contributed by atoms with Crippen molar-refractivity contribution in [1.29, 1.82) is 0 Å². The van der Waals surface area contributed by atoms with Crippen molar-refractivity contribution in [2.45, 2.75) is 58.5 Å². The molecule has 1 fully saturated rings. The molecule has 0 N–H and O–H groups in total. The van der Waals surface area contributed by atoms with E-state index in [4.69, 9.17) is 9.97 Å². The van der Waals surface area contributed by atoms with E-state index in [0.29, 0.717) is 0 Å². The van der Waals surface area contributed by atoms with Gasteiger partial charge in [0.15, 0.2) is 0 Å². The molecule has 138 valence electrons. The largest absolute Gasteiger partial charge is 0.357 e. The second-order valence-corrected chi connectivity index (χ2v) is 7.54. The Bertz CT molecular complexity index is 722. The predicted octanol–water partition coefficient (Wildman–Crippen LogP) is 3.37. The van der Waals surface area contributed by atoms with Crippen molar-refractivity contribution in [3.63, 3.8) is 0 Å². The van der Waals surface area contributed by atoms with Crippen LogP contribution >= 0.6 is 0 Å². The molecule has 26 heavy (non-hydrogen) atoms. The van der Waals surface area contributed by atoms with E-state index in [2.05, 4.69) is 40.0 Å². The van der Waals surface area contributed by atoms with E-state index in [1.165, 1.54) is 36.1 Å². The fourth-order valence-corrected chi connectivity index (χ4v) is 3.97. The van der Waals surface area contributed by atoms with Crippen molar-refractivity contribution < 1.29 is 0 Å². The fourth-order valence-electron chi connectivity index (χ4n) is 3.97. The topological polar surface area (TPSA) is 45.2 Å².